The Bertz CT molecular complexity index is 391. The van der Waals surface area contributed by atoms with E-state index < -0.39 is 10.0 Å². The highest BCUT2D eigenvalue weighted by Gasteiger charge is 2.36. The number of piperidine rings is 2. The van der Waals surface area contributed by atoms with Crippen LogP contribution in [0.4, 0.5) is 0 Å². The van der Waals surface area contributed by atoms with Crippen LogP contribution in [0.15, 0.2) is 0 Å². The van der Waals surface area contributed by atoms with E-state index in [9.17, 15) is 13.5 Å². The SMILES string of the molecule is CS(=O)(=O)N1CCCC(CC2(CO)CCNCC2)C1. The maximum Gasteiger partial charge on any atom is 0.211 e. The van der Waals surface area contributed by atoms with Gasteiger partial charge in [0.1, 0.15) is 0 Å². The Morgan fingerprint density at radius 3 is 2.63 bits per heavy atom. The van der Waals surface area contributed by atoms with Gasteiger partial charge in [-0.3, -0.25) is 0 Å². The Hall–Kier alpha value is -0.170. The summed E-state index contributed by atoms with van der Waals surface area (Å²) in [6.45, 7) is 3.44. The molecule has 2 saturated heterocycles. The molecule has 0 aliphatic carbocycles. The van der Waals surface area contributed by atoms with Crippen LogP contribution in [0, 0.1) is 11.3 Å². The van der Waals surface area contributed by atoms with Gasteiger partial charge in [-0.2, -0.15) is 0 Å². The number of nitrogens with zero attached hydrogens (tertiary/aromatic N) is 1. The minimum absolute atomic E-state index is 0.0103. The normalized spacial score (nSPS) is 29.3. The summed E-state index contributed by atoms with van der Waals surface area (Å²) in [4.78, 5) is 0. The summed E-state index contributed by atoms with van der Waals surface area (Å²) in [5, 5.41) is 13.1. The van der Waals surface area contributed by atoms with E-state index in [1.54, 1.807) is 4.31 Å². The molecule has 0 amide bonds. The van der Waals surface area contributed by atoms with Gasteiger partial charge >= 0.3 is 0 Å². The topological polar surface area (TPSA) is 69.6 Å². The van der Waals surface area contributed by atoms with Gasteiger partial charge in [-0.05, 0) is 56.5 Å². The summed E-state index contributed by atoms with van der Waals surface area (Å²) in [5.74, 6) is 0.397. The number of aliphatic hydroxyl groups is 1. The van der Waals surface area contributed by atoms with E-state index >= 15 is 0 Å². The lowest BCUT2D eigenvalue weighted by Crippen LogP contribution is -2.44. The predicted molar refractivity (Wildman–Crippen MR) is 75.4 cm³/mol. The molecule has 6 heteroatoms. The maximum absolute atomic E-state index is 11.6. The lowest BCUT2D eigenvalue weighted by Gasteiger charge is -2.41. The van der Waals surface area contributed by atoms with Gasteiger partial charge in [-0.1, -0.05) is 0 Å². The zero-order chi connectivity index (χ0) is 13.9. The Morgan fingerprint density at radius 1 is 1.37 bits per heavy atom. The summed E-state index contributed by atoms with van der Waals surface area (Å²) < 4.78 is 24.9. The minimum Gasteiger partial charge on any atom is -0.396 e. The first-order valence-corrected chi connectivity index (χ1v) is 9.07. The van der Waals surface area contributed by atoms with E-state index in [0.717, 1.165) is 45.2 Å². The fraction of sp³-hybridized carbons (Fsp3) is 1.00. The highest BCUT2D eigenvalue weighted by molar-refractivity contribution is 7.88. The fourth-order valence-electron chi connectivity index (χ4n) is 3.49. The molecule has 2 heterocycles. The molecule has 1 atom stereocenters. The van der Waals surface area contributed by atoms with Crippen molar-refractivity contribution in [2.24, 2.45) is 11.3 Å². The number of hydrogen-bond donors (Lipinski definition) is 2. The van der Waals surface area contributed by atoms with Gasteiger partial charge in [-0.25, -0.2) is 12.7 Å². The van der Waals surface area contributed by atoms with Crippen molar-refractivity contribution in [1.82, 2.24) is 9.62 Å². The van der Waals surface area contributed by atoms with Gasteiger partial charge in [0.25, 0.3) is 0 Å². The van der Waals surface area contributed by atoms with Crippen LogP contribution < -0.4 is 5.32 Å². The number of hydrogen-bond acceptors (Lipinski definition) is 4. The molecule has 2 aliphatic rings. The van der Waals surface area contributed by atoms with Crippen LogP contribution in [0.1, 0.15) is 32.1 Å². The number of aliphatic hydroxyl groups excluding tert-OH is 1. The van der Waals surface area contributed by atoms with E-state index in [1.165, 1.54) is 6.26 Å². The first-order valence-electron chi connectivity index (χ1n) is 7.22. The Labute approximate surface area is 116 Å². The summed E-state index contributed by atoms with van der Waals surface area (Å²) in [6, 6.07) is 0. The number of nitrogens with one attached hydrogen (secondary N) is 1. The van der Waals surface area contributed by atoms with Gasteiger partial charge in [0, 0.05) is 19.7 Å². The maximum atomic E-state index is 11.6. The Morgan fingerprint density at radius 2 is 2.05 bits per heavy atom. The quantitative estimate of drug-likeness (QED) is 0.787. The minimum atomic E-state index is -3.07. The number of rotatable bonds is 4. The Kier molecular flexibility index (Phi) is 4.87. The van der Waals surface area contributed by atoms with Gasteiger partial charge in [0.05, 0.1) is 6.26 Å². The van der Waals surface area contributed by atoms with Crippen molar-refractivity contribution in [3.8, 4) is 0 Å². The van der Waals surface area contributed by atoms with Crippen molar-refractivity contribution in [3.63, 3.8) is 0 Å². The second-order valence-electron chi connectivity index (χ2n) is 6.24. The third-order valence-corrected chi connectivity index (χ3v) is 5.94. The molecule has 2 fully saturated rings. The van der Waals surface area contributed by atoms with E-state index in [1.807, 2.05) is 0 Å². The summed E-state index contributed by atoms with van der Waals surface area (Å²) >= 11 is 0. The van der Waals surface area contributed by atoms with Crippen molar-refractivity contribution in [1.29, 1.82) is 0 Å². The van der Waals surface area contributed by atoms with Crippen LogP contribution in [0.3, 0.4) is 0 Å². The average Bonchev–Trinajstić information content (AvgIpc) is 2.39. The van der Waals surface area contributed by atoms with E-state index in [2.05, 4.69) is 5.32 Å². The third kappa shape index (κ3) is 3.90. The molecule has 1 unspecified atom stereocenters. The van der Waals surface area contributed by atoms with Gasteiger partial charge < -0.3 is 10.4 Å². The van der Waals surface area contributed by atoms with E-state index in [4.69, 9.17) is 0 Å². The average molecular weight is 290 g/mol. The molecule has 0 radical (unpaired) electrons. The van der Waals surface area contributed by atoms with Crippen LogP contribution in [-0.4, -0.2) is 56.9 Å². The lowest BCUT2D eigenvalue weighted by molar-refractivity contribution is 0.0524. The molecule has 2 rings (SSSR count). The number of sulfonamides is 1. The van der Waals surface area contributed by atoms with Crippen LogP contribution in [-0.2, 0) is 10.0 Å². The van der Waals surface area contributed by atoms with Crippen LogP contribution >= 0.6 is 0 Å². The predicted octanol–water partition coefficient (Wildman–Crippen LogP) is 0.410. The van der Waals surface area contributed by atoms with Crippen molar-refractivity contribution in [2.75, 3.05) is 39.0 Å². The molecule has 5 nitrogen and oxygen atoms in total. The molecular weight excluding hydrogens is 264 g/mol. The first-order chi connectivity index (χ1) is 8.95. The molecule has 2 aliphatic heterocycles. The zero-order valence-electron chi connectivity index (χ0n) is 11.8. The first kappa shape index (κ1) is 15.2. The van der Waals surface area contributed by atoms with E-state index in [0.29, 0.717) is 19.0 Å². The summed E-state index contributed by atoms with van der Waals surface area (Å²) in [6.07, 6.45) is 6.27. The van der Waals surface area contributed by atoms with Crippen molar-refractivity contribution < 1.29 is 13.5 Å². The molecule has 0 aromatic carbocycles. The summed E-state index contributed by atoms with van der Waals surface area (Å²) in [5.41, 5.74) is 0.0103. The molecule has 0 aromatic heterocycles. The second-order valence-corrected chi connectivity index (χ2v) is 8.22. The standard InChI is InChI=1S/C13H26N2O3S/c1-19(17,18)15-8-2-3-12(10-15)9-13(11-16)4-6-14-7-5-13/h12,14,16H,2-11H2,1H3. The molecular formula is C13H26N2O3S. The monoisotopic (exact) mass is 290 g/mol. The van der Waals surface area contributed by atoms with Crippen LogP contribution in [0.25, 0.3) is 0 Å². The second kappa shape index (κ2) is 6.08. The highest BCUT2D eigenvalue weighted by atomic mass is 32.2. The van der Waals surface area contributed by atoms with E-state index in [-0.39, 0.29) is 12.0 Å². The molecule has 112 valence electrons. The lowest BCUT2D eigenvalue weighted by atomic mass is 9.72. The molecule has 19 heavy (non-hydrogen) atoms. The smallest absolute Gasteiger partial charge is 0.211 e. The van der Waals surface area contributed by atoms with Gasteiger partial charge in [0.2, 0.25) is 10.0 Å². The van der Waals surface area contributed by atoms with Gasteiger partial charge in [0.15, 0.2) is 0 Å². The molecule has 0 bridgehead atoms. The fourth-order valence-corrected chi connectivity index (χ4v) is 4.43. The van der Waals surface area contributed by atoms with Crippen molar-refractivity contribution in [2.45, 2.75) is 32.1 Å². The molecule has 0 aromatic rings. The zero-order valence-corrected chi connectivity index (χ0v) is 12.6. The van der Waals surface area contributed by atoms with Crippen LogP contribution in [0.5, 0.6) is 0 Å². The molecule has 0 spiro atoms. The van der Waals surface area contributed by atoms with Crippen molar-refractivity contribution in [3.05, 3.63) is 0 Å². The van der Waals surface area contributed by atoms with Gasteiger partial charge in [-0.15, -0.1) is 0 Å². The highest BCUT2D eigenvalue weighted by Crippen LogP contribution is 2.38. The third-order valence-electron chi connectivity index (χ3n) is 4.67. The molecule has 2 N–H and O–H groups in total. The Balaban J connectivity index is 1.97. The van der Waals surface area contributed by atoms with Crippen LogP contribution in [0.2, 0.25) is 0 Å². The largest absolute Gasteiger partial charge is 0.396 e. The summed E-state index contributed by atoms with van der Waals surface area (Å²) in [7, 11) is -3.07. The van der Waals surface area contributed by atoms with Crippen molar-refractivity contribution >= 4 is 10.0 Å². The molecule has 0 saturated carbocycles.